The normalized spacial score (nSPS) is 23.9. The Balaban J connectivity index is 2.35. The number of nitrogens with zero attached hydrogens (tertiary/aromatic N) is 1. The van der Waals surface area contributed by atoms with E-state index >= 15 is 0 Å². The summed E-state index contributed by atoms with van der Waals surface area (Å²) in [5.74, 6) is -0.116. The van der Waals surface area contributed by atoms with Gasteiger partial charge in [-0.15, -0.1) is 6.58 Å². The molecular weight excluding hydrogens is 156 g/mol. The highest BCUT2D eigenvalue weighted by molar-refractivity contribution is 5.81. The molecule has 2 N–H and O–H groups in total. The predicted octanol–water partition coefficient (Wildman–Crippen LogP) is 0.142. The smallest absolute Gasteiger partial charge is 0.239 e. The summed E-state index contributed by atoms with van der Waals surface area (Å²) in [6.07, 6.45) is 3.23. The van der Waals surface area contributed by atoms with Gasteiger partial charge in [0.2, 0.25) is 5.91 Å². The van der Waals surface area contributed by atoms with Gasteiger partial charge in [-0.1, -0.05) is 6.08 Å². The quantitative estimate of drug-likeness (QED) is 0.592. The minimum Gasteiger partial charge on any atom is -0.351 e. The molecule has 1 fully saturated rings. The first kappa shape index (κ1) is 9.22. The van der Waals surface area contributed by atoms with Crippen LogP contribution < -0.4 is 5.32 Å². The van der Waals surface area contributed by atoms with Gasteiger partial charge >= 0.3 is 0 Å². The molecule has 1 saturated heterocycles. The van der Waals surface area contributed by atoms with Crippen molar-refractivity contribution in [1.29, 1.82) is 0 Å². The molecule has 0 saturated carbocycles. The summed E-state index contributed by atoms with van der Waals surface area (Å²) >= 11 is 0. The van der Waals surface area contributed by atoms with Crippen LogP contribution in [-0.2, 0) is 4.79 Å². The van der Waals surface area contributed by atoms with E-state index in [2.05, 4.69) is 11.9 Å². The molecule has 1 atom stereocenters. The van der Waals surface area contributed by atoms with Crippen molar-refractivity contribution >= 4 is 5.91 Å². The first-order valence-electron chi connectivity index (χ1n) is 4.10. The third-order valence-corrected chi connectivity index (χ3v) is 1.95. The number of hydrogen-bond acceptors (Lipinski definition) is 3. The van der Waals surface area contributed by atoms with E-state index in [1.807, 2.05) is 0 Å². The van der Waals surface area contributed by atoms with E-state index in [1.54, 1.807) is 6.08 Å². The largest absolute Gasteiger partial charge is 0.351 e. The predicted molar refractivity (Wildman–Crippen MR) is 44.7 cm³/mol. The Morgan fingerprint density at radius 3 is 3.08 bits per heavy atom. The Labute approximate surface area is 71.8 Å². The van der Waals surface area contributed by atoms with Crippen LogP contribution in [0.1, 0.15) is 12.8 Å². The van der Waals surface area contributed by atoms with E-state index in [-0.39, 0.29) is 11.9 Å². The average molecular weight is 170 g/mol. The lowest BCUT2D eigenvalue weighted by Gasteiger charge is -2.15. The molecule has 1 aliphatic rings. The van der Waals surface area contributed by atoms with Crippen molar-refractivity contribution in [3.05, 3.63) is 12.7 Å². The maximum absolute atomic E-state index is 11.3. The molecule has 0 aromatic carbocycles. The van der Waals surface area contributed by atoms with E-state index in [4.69, 9.17) is 0 Å². The van der Waals surface area contributed by atoms with E-state index in [0.717, 1.165) is 17.9 Å². The summed E-state index contributed by atoms with van der Waals surface area (Å²) in [6.45, 7) is 4.54. The number of hydrogen-bond donors (Lipinski definition) is 2. The molecular formula is C8H14N2O2. The number of carbonyl (C=O) groups is 1. The van der Waals surface area contributed by atoms with E-state index in [9.17, 15) is 10.0 Å². The van der Waals surface area contributed by atoms with Gasteiger partial charge in [0.05, 0.1) is 0 Å². The number of carbonyl (C=O) groups excluding carboxylic acids is 1. The topological polar surface area (TPSA) is 52.6 Å². The Kier molecular flexibility index (Phi) is 3.25. The lowest BCUT2D eigenvalue weighted by molar-refractivity contribution is -0.145. The van der Waals surface area contributed by atoms with Gasteiger partial charge in [-0.05, 0) is 12.8 Å². The van der Waals surface area contributed by atoms with Crippen LogP contribution in [0, 0.1) is 0 Å². The highest BCUT2D eigenvalue weighted by Gasteiger charge is 2.28. The maximum atomic E-state index is 11.3. The second kappa shape index (κ2) is 4.23. The van der Waals surface area contributed by atoms with Crippen molar-refractivity contribution in [2.75, 3.05) is 13.1 Å². The van der Waals surface area contributed by atoms with Crippen molar-refractivity contribution < 1.29 is 10.0 Å². The van der Waals surface area contributed by atoms with Crippen LogP contribution in [0.2, 0.25) is 0 Å². The van der Waals surface area contributed by atoms with Gasteiger partial charge in [0.25, 0.3) is 0 Å². The minimum absolute atomic E-state index is 0.116. The van der Waals surface area contributed by atoms with Gasteiger partial charge < -0.3 is 10.5 Å². The van der Waals surface area contributed by atoms with Gasteiger partial charge in [0, 0.05) is 13.1 Å². The standard InChI is InChI=1S/C8H14N2O2/c1-2-5-9-8(11)7-4-3-6-10(7)12/h2,7,12H,1,3-6H2,(H,9,11)/t7-/m0/s1. The van der Waals surface area contributed by atoms with Crippen LogP contribution in [0.4, 0.5) is 0 Å². The fourth-order valence-electron chi connectivity index (χ4n) is 1.31. The lowest BCUT2D eigenvalue weighted by Crippen LogP contribution is -2.41. The summed E-state index contributed by atoms with van der Waals surface area (Å²) in [6, 6.07) is -0.357. The summed E-state index contributed by atoms with van der Waals surface area (Å²) < 4.78 is 0. The average Bonchev–Trinajstić information content (AvgIpc) is 2.47. The molecule has 1 heterocycles. The molecule has 0 bridgehead atoms. The Hall–Kier alpha value is -0.870. The Morgan fingerprint density at radius 2 is 2.58 bits per heavy atom. The maximum Gasteiger partial charge on any atom is 0.239 e. The van der Waals surface area contributed by atoms with Crippen LogP contribution in [0.25, 0.3) is 0 Å². The van der Waals surface area contributed by atoms with Crippen LogP contribution >= 0.6 is 0 Å². The molecule has 1 rings (SSSR count). The molecule has 0 unspecified atom stereocenters. The highest BCUT2D eigenvalue weighted by Crippen LogP contribution is 2.13. The molecule has 0 spiro atoms. The van der Waals surface area contributed by atoms with E-state index < -0.39 is 0 Å². The molecule has 0 radical (unpaired) electrons. The van der Waals surface area contributed by atoms with Crippen molar-refractivity contribution in [3.63, 3.8) is 0 Å². The van der Waals surface area contributed by atoms with Gasteiger partial charge in [0.15, 0.2) is 0 Å². The molecule has 4 nitrogen and oxygen atoms in total. The Bertz CT molecular complexity index is 182. The highest BCUT2D eigenvalue weighted by atomic mass is 16.5. The molecule has 4 heteroatoms. The fourth-order valence-corrected chi connectivity index (χ4v) is 1.31. The van der Waals surface area contributed by atoms with Crippen LogP contribution in [0.3, 0.4) is 0 Å². The molecule has 0 aromatic rings. The number of rotatable bonds is 3. The zero-order valence-electron chi connectivity index (χ0n) is 6.99. The summed E-state index contributed by atoms with van der Waals surface area (Å²) in [7, 11) is 0. The van der Waals surface area contributed by atoms with Crippen LogP contribution in [0.15, 0.2) is 12.7 Å². The van der Waals surface area contributed by atoms with Crippen molar-refractivity contribution in [3.8, 4) is 0 Å². The van der Waals surface area contributed by atoms with Crippen molar-refractivity contribution in [2.45, 2.75) is 18.9 Å². The zero-order valence-corrected chi connectivity index (χ0v) is 6.99. The number of nitrogens with one attached hydrogen (secondary N) is 1. The minimum atomic E-state index is -0.357. The second-order valence-electron chi connectivity index (χ2n) is 2.85. The summed E-state index contributed by atoms with van der Waals surface area (Å²) in [5, 5.41) is 12.9. The van der Waals surface area contributed by atoms with Crippen LogP contribution in [0.5, 0.6) is 0 Å². The zero-order chi connectivity index (χ0) is 8.97. The van der Waals surface area contributed by atoms with Gasteiger partial charge in [-0.3, -0.25) is 4.79 Å². The second-order valence-corrected chi connectivity index (χ2v) is 2.85. The summed E-state index contributed by atoms with van der Waals surface area (Å²) in [5.41, 5.74) is 0. The molecule has 12 heavy (non-hydrogen) atoms. The molecule has 0 aliphatic carbocycles. The molecule has 0 aromatic heterocycles. The first-order valence-corrected chi connectivity index (χ1v) is 4.10. The molecule has 1 aliphatic heterocycles. The number of amides is 1. The van der Waals surface area contributed by atoms with E-state index in [0.29, 0.717) is 13.1 Å². The molecule has 68 valence electrons. The van der Waals surface area contributed by atoms with Crippen molar-refractivity contribution in [2.24, 2.45) is 0 Å². The molecule has 1 amide bonds. The summed E-state index contributed by atoms with van der Waals surface area (Å²) in [4.78, 5) is 11.3. The SMILES string of the molecule is C=CCNC(=O)[C@@H]1CCCN1O. The van der Waals surface area contributed by atoms with Gasteiger partial charge in [-0.25, -0.2) is 0 Å². The fraction of sp³-hybridized carbons (Fsp3) is 0.625. The third kappa shape index (κ3) is 2.06. The van der Waals surface area contributed by atoms with Gasteiger partial charge in [0.1, 0.15) is 6.04 Å². The van der Waals surface area contributed by atoms with Crippen LogP contribution in [-0.4, -0.2) is 35.3 Å². The van der Waals surface area contributed by atoms with Crippen molar-refractivity contribution in [1.82, 2.24) is 10.4 Å². The third-order valence-electron chi connectivity index (χ3n) is 1.95. The van der Waals surface area contributed by atoms with E-state index in [1.165, 1.54) is 0 Å². The number of hydroxylamine groups is 2. The Morgan fingerprint density at radius 1 is 1.83 bits per heavy atom. The van der Waals surface area contributed by atoms with Gasteiger partial charge in [-0.2, -0.15) is 5.06 Å². The first-order chi connectivity index (χ1) is 5.75. The lowest BCUT2D eigenvalue weighted by atomic mass is 10.2. The monoisotopic (exact) mass is 170 g/mol.